The number of benzene rings is 3. The fourth-order valence-corrected chi connectivity index (χ4v) is 3.10. The van der Waals surface area contributed by atoms with E-state index in [9.17, 15) is 8.42 Å². The molecule has 0 saturated carbocycles. The van der Waals surface area contributed by atoms with Crippen LogP contribution in [0.15, 0.2) is 77.7 Å². The zero-order chi connectivity index (χ0) is 17.9. The zero-order valence-corrected chi connectivity index (χ0v) is 14.7. The highest BCUT2D eigenvalue weighted by molar-refractivity contribution is 7.90. The van der Waals surface area contributed by atoms with Gasteiger partial charge in [-0.15, -0.1) is 0 Å². The number of nitrogen functional groups attached to an aromatic ring is 1. The molecule has 0 radical (unpaired) electrons. The van der Waals surface area contributed by atoms with Crippen LogP contribution in [0.25, 0.3) is 11.1 Å². The van der Waals surface area contributed by atoms with Crippen molar-refractivity contribution >= 4 is 15.5 Å². The van der Waals surface area contributed by atoms with E-state index in [-0.39, 0.29) is 0 Å². The molecule has 0 aliphatic heterocycles. The van der Waals surface area contributed by atoms with Gasteiger partial charge in [0, 0.05) is 6.26 Å². The first-order valence-corrected chi connectivity index (χ1v) is 9.69. The van der Waals surface area contributed by atoms with Crippen LogP contribution in [0.4, 0.5) is 5.69 Å². The largest absolute Gasteiger partial charge is 0.487 e. The van der Waals surface area contributed by atoms with Crippen molar-refractivity contribution in [3.8, 4) is 16.9 Å². The number of sulfone groups is 1. The maximum atomic E-state index is 11.6. The summed E-state index contributed by atoms with van der Waals surface area (Å²) in [6, 6.07) is 22.2. The number of hydrogen-bond acceptors (Lipinski definition) is 4. The van der Waals surface area contributed by atoms with E-state index in [1.807, 2.05) is 42.5 Å². The summed E-state index contributed by atoms with van der Waals surface area (Å²) in [6.45, 7) is 0.432. The number of anilines is 1. The Balaban J connectivity index is 1.83. The molecule has 3 aromatic carbocycles. The standard InChI is InChI=1S/C20H19NO3S/c1-25(22,23)18-10-7-16(8-11-18)17-9-12-19(21)20(13-17)24-14-15-5-3-2-4-6-15/h2-13H,14,21H2,1H3. The van der Waals surface area contributed by atoms with Gasteiger partial charge in [0.1, 0.15) is 12.4 Å². The summed E-state index contributed by atoms with van der Waals surface area (Å²) in [5.41, 5.74) is 9.45. The molecule has 128 valence electrons. The number of nitrogens with two attached hydrogens (primary N) is 1. The Kier molecular flexibility index (Phi) is 4.76. The lowest BCUT2D eigenvalue weighted by Gasteiger charge is -2.11. The Morgan fingerprint density at radius 2 is 1.52 bits per heavy atom. The quantitative estimate of drug-likeness (QED) is 0.706. The van der Waals surface area contributed by atoms with Gasteiger partial charge in [0.25, 0.3) is 0 Å². The van der Waals surface area contributed by atoms with Gasteiger partial charge in [0.05, 0.1) is 10.6 Å². The van der Waals surface area contributed by atoms with Gasteiger partial charge in [-0.05, 0) is 41.0 Å². The average molecular weight is 353 g/mol. The Hall–Kier alpha value is -2.79. The van der Waals surface area contributed by atoms with E-state index < -0.39 is 9.84 Å². The van der Waals surface area contributed by atoms with Crippen molar-refractivity contribution < 1.29 is 13.2 Å². The van der Waals surface area contributed by atoms with E-state index in [2.05, 4.69) is 0 Å². The summed E-state index contributed by atoms with van der Waals surface area (Å²) in [7, 11) is -3.20. The summed E-state index contributed by atoms with van der Waals surface area (Å²) >= 11 is 0. The molecule has 0 spiro atoms. The first-order valence-electron chi connectivity index (χ1n) is 7.80. The first kappa shape index (κ1) is 17.0. The minimum atomic E-state index is -3.20. The molecule has 0 heterocycles. The van der Waals surface area contributed by atoms with Crippen molar-refractivity contribution in [3.63, 3.8) is 0 Å². The Morgan fingerprint density at radius 3 is 2.16 bits per heavy atom. The first-order chi connectivity index (χ1) is 11.9. The molecule has 3 aromatic rings. The Morgan fingerprint density at radius 1 is 0.880 bits per heavy atom. The topological polar surface area (TPSA) is 69.4 Å². The van der Waals surface area contributed by atoms with Crippen LogP contribution >= 0.6 is 0 Å². The van der Waals surface area contributed by atoms with Gasteiger partial charge in [-0.3, -0.25) is 0 Å². The van der Waals surface area contributed by atoms with Gasteiger partial charge in [0.15, 0.2) is 9.84 Å². The van der Waals surface area contributed by atoms with Gasteiger partial charge in [-0.25, -0.2) is 8.42 Å². The predicted octanol–water partition coefficient (Wildman–Crippen LogP) is 3.92. The van der Waals surface area contributed by atoms with Crippen molar-refractivity contribution in [1.29, 1.82) is 0 Å². The van der Waals surface area contributed by atoms with E-state index in [1.54, 1.807) is 30.3 Å². The summed E-state index contributed by atoms with van der Waals surface area (Å²) < 4.78 is 29.0. The molecule has 5 heteroatoms. The third-order valence-corrected chi connectivity index (χ3v) is 4.99. The lowest BCUT2D eigenvalue weighted by molar-refractivity contribution is 0.308. The lowest BCUT2D eigenvalue weighted by atomic mass is 10.1. The second-order valence-corrected chi connectivity index (χ2v) is 7.84. The molecule has 0 atom stereocenters. The summed E-state index contributed by atoms with van der Waals surface area (Å²) in [5, 5.41) is 0. The van der Waals surface area contributed by atoms with Crippen LogP contribution < -0.4 is 10.5 Å². The third-order valence-electron chi connectivity index (χ3n) is 3.87. The molecule has 0 unspecified atom stereocenters. The maximum absolute atomic E-state index is 11.6. The van der Waals surface area contributed by atoms with Crippen LogP contribution in [0.2, 0.25) is 0 Å². The molecule has 4 nitrogen and oxygen atoms in total. The predicted molar refractivity (Wildman–Crippen MR) is 100 cm³/mol. The Bertz CT molecular complexity index is 966. The number of ether oxygens (including phenoxy) is 1. The third kappa shape index (κ3) is 4.19. The van der Waals surface area contributed by atoms with E-state index in [0.717, 1.165) is 16.7 Å². The fraction of sp³-hybridized carbons (Fsp3) is 0.100. The van der Waals surface area contributed by atoms with Gasteiger partial charge in [0.2, 0.25) is 0 Å². The smallest absolute Gasteiger partial charge is 0.175 e. The number of hydrogen-bond donors (Lipinski definition) is 1. The Labute approximate surface area is 147 Å². The molecule has 3 rings (SSSR count). The molecule has 0 aromatic heterocycles. The summed E-state index contributed by atoms with van der Waals surface area (Å²) in [6.07, 6.45) is 1.20. The van der Waals surface area contributed by atoms with E-state index in [0.29, 0.717) is 22.9 Å². The van der Waals surface area contributed by atoms with E-state index in [1.165, 1.54) is 6.26 Å². The highest BCUT2D eigenvalue weighted by Crippen LogP contribution is 2.30. The zero-order valence-electron chi connectivity index (χ0n) is 13.8. The summed E-state index contributed by atoms with van der Waals surface area (Å²) in [5.74, 6) is 0.605. The van der Waals surface area contributed by atoms with Gasteiger partial charge in [-0.2, -0.15) is 0 Å². The highest BCUT2D eigenvalue weighted by Gasteiger charge is 2.09. The molecule has 0 fully saturated rings. The molecule has 0 amide bonds. The van der Waals surface area contributed by atoms with Gasteiger partial charge >= 0.3 is 0 Å². The fourth-order valence-electron chi connectivity index (χ4n) is 2.47. The molecule has 0 bridgehead atoms. The SMILES string of the molecule is CS(=O)(=O)c1ccc(-c2ccc(N)c(OCc3ccccc3)c2)cc1. The van der Waals surface area contributed by atoms with Crippen LogP contribution in [-0.2, 0) is 16.4 Å². The molecule has 25 heavy (non-hydrogen) atoms. The second-order valence-electron chi connectivity index (χ2n) is 5.82. The molecular weight excluding hydrogens is 334 g/mol. The molecule has 0 aliphatic rings. The molecule has 0 aliphatic carbocycles. The van der Waals surface area contributed by atoms with Gasteiger partial charge < -0.3 is 10.5 Å². The number of rotatable bonds is 5. The van der Waals surface area contributed by atoms with E-state index in [4.69, 9.17) is 10.5 Å². The van der Waals surface area contributed by atoms with Crippen LogP contribution in [0, 0.1) is 0 Å². The van der Waals surface area contributed by atoms with Crippen molar-refractivity contribution in [2.75, 3.05) is 12.0 Å². The maximum Gasteiger partial charge on any atom is 0.175 e. The average Bonchev–Trinajstić information content (AvgIpc) is 2.61. The van der Waals surface area contributed by atoms with Crippen molar-refractivity contribution in [3.05, 3.63) is 78.4 Å². The normalized spacial score (nSPS) is 11.2. The van der Waals surface area contributed by atoms with Crippen LogP contribution in [0.5, 0.6) is 5.75 Å². The van der Waals surface area contributed by atoms with Crippen molar-refractivity contribution in [2.45, 2.75) is 11.5 Å². The minimum Gasteiger partial charge on any atom is -0.487 e. The summed E-state index contributed by atoms with van der Waals surface area (Å²) in [4.78, 5) is 0.298. The van der Waals surface area contributed by atoms with Crippen molar-refractivity contribution in [2.24, 2.45) is 0 Å². The van der Waals surface area contributed by atoms with Crippen LogP contribution in [0.1, 0.15) is 5.56 Å². The van der Waals surface area contributed by atoms with Gasteiger partial charge in [-0.1, -0.05) is 48.5 Å². The van der Waals surface area contributed by atoms with Crippen LogP contribution in [-0.4, -0.2) is 14.7 Å². The molecule has 0 saturated heterocycles. The monoisotopic (exact) mass is 353 g/mol. The van der Waals surface area contributed by atoms with Crippen molar-refractivity contribution in [1.82, 2.24) is 0 Å². The molecular formula is C20H19NO3S. The van der Waals surface area contributed by atoms with Crippen LogP contribution in [0.3, 0.4) is 0 Å². The highest BCUT2D eigenvalue weighted by atomic mass is 32.2. The van der Waals surface area contributed by atoms with E-state index >= 15 is 0 Å². The lowest BCUT2D eigenvalue weighted by Crippen LogP contribution is -1.99. The molecule has 2 N–H and O–H groups in total. The second kappa shape index (κ2) is 6.99. The minimum absolute atomic E-state index is 0.298.